The van der Waals surface area contributed by atoms with Crippen molar-refractivity contribution in [2.45, 2.75) is 62.9 Å². The minimum atomic E-state index is -0.533. The number of likely N-dealkylation sites (tertiary alicyclic amines) is 2. The molecule has 2 spiro atoms. The molecule has 0 bridgehead atoms. The Hall–Kier alpha value is -5.17. The number of carbonyl (C=O) groups excluding carboxylic acids is 3. The molecule has 4 aromatic heterocycles. The summed E-state index contributed by atoms with van der Waals surface area (Å²) in [4.78, 5) is 58.1. The van der Waals surface area contributed by atoms with Gasteiger partial charge in [-0.1, -0.05) is 35.3 Å². The molecule has 2 fully saturated rings. The van der Waals surface area contributed by atoms with Crippen LogP contribution in [0.25, 0.3) is 33.8 Å². The van der Waals surface area contributed by atoms with Crippen molar-refractivity contribution in [2.75, 3.05) is 46.3 Å². The fraction of sp³-hybridized carbons (Fsp3) is 0.386. The molecule has 5 aromatic rings. The smallest absolute Gasteiger partial charge is 0.410 e. The van der Waals surface area contributed by atoms with Crippen molar-refractivity contribution in [2.24, 2.45) is 0 Å². The highest BCUT2D eigenvalue weighted by molar-refractivity contribution is 6.31. The lowest BCUT2D eigenvalue weighted by Gasteiger charge is -2.51. The van der Waals surface area contributed by atoms with Gasteiger partial charge in [0.15, 0.2) is 0 Å². The second-order valence-electron chi connectivity index (χ2n) is 17.8. The number of carbonyl (C=O) groups is 3. The number of aromatic nitrogens is 4. The van der Waals surface area contributed by atoms with Crippen LogP contribution in [0.3, 0.4) is 0 Å². The number of pyridine rings is 2. The Kier molecular flexibility index (Phi) is 8.43. The minimum Gasteiger partial charge on any atom is -0.444 e. The average molecular weight is 820 g/mol. The molecule has 11 rings (SSSR count). The van der Waals surface area contributed by atoms with E-state index in [2.05, 4.69) is 48.6 Å². The summed E-state index contributed by atoms with van der Waals surface area (Å²) in [6.45, 7) is 9.74. The molecular weight excluding hydrogens is 775 g/mol. The summed E-state index contributed by atoms with van der Waals surface area (Å²) in [6.07, 6.45) is 6.82. The number of aromatic amines is 2. The van der Waals surface area contributed by atoms with E-state index >= 15 is 0 Å². The van der Waals surface area contributed by atoms with Crippen LogP contribution in [0.4, 0.5) is 4.79 Å². The lowest BCUT2D eigenvalue weighted by atomic mass is 9.72. The standard InChI is InChI=1S/C23H21ClN4O.C21H23ClN4O3/c1-28-11-23(12-28)10-26-22(29)19-16-6-5-14-9-25-18(13-3-2-4-15(24)7-13)8-17(14)20(16)27-21(19)23;1-20(2,3)29-19(28)26-9-21(10-26)8-24-18(27)15-12-5-4-11-7-23-14(22)6-13(11)16(12)25-17(15)21/h2-4,7-9,27H,5-6,10-12H2,1H3,(H,26,29);6-7,25H,4-5,8-10H2,1-3H3,(H,24,27). The Morgan fingerprint density at radius 1 is 0.776 bits per heavy atom. The molecule has 14 heteroatoms. The number of halogens is 2. The molecule has 0 atom stereocenters. The van der Waals surface area contributed by atoms with Gasteiger partial charge >= 0.3 is 6.09 Å². The van der Waals surface area contributed by atoms with Crippen molar-refractivity contribution in [3.8, 4) is 33.8 Å². The highest BCUT2D eigenvalue weighted by atomic mass is 35.5. The molecule has 2 saturated heterocycles. The fourth-order valence-electron chi connectivity index (χ4n) is 9.98. The van der Waals surface area contributed by atoms with Crippen LogP contribution in [0.2, 0.25) is 10.2 Å². The zero-order valence-corrected chi connectivity index (χ0v) is 34.4. The molecule has 0 unspecified atom stereocenters. The van der Waals surface area contributed by atoms with Gasteiger partial charge in [-0.05, 0) is 100 Å². The van der Waals surface area contributed by atoms with Gasteiger partial charge in [-0.15, -0.1) is 0 Å². The number of ether oxygens (including phenoxy) is 1. The number of aryl methyl sites for hydroxylation is 2. The summed E-state index contributed by atoms with van der Waals surface area (Å²) in [5.41, 5.74) is 13.5. The van der Waals surface area contributed by atoms with Crippen LogP contribution in [0.1, 0.15) is 75.1 Å². The Morgan fingerprint density at radius 3 is 1.91 bits per heavy atom. The van der Waals surface area contributed by atoms with E-state index in [9.17, 15) is 14.4 Å². The SMILES string of the molecule is CC(C)(C)OC(=O)N1CC2(CNC(=O)c3c2[nH]c2c3CCc3cnc(Cl)cc3-2)C1.CN1CC2(CNC(=O)c3c2[nH]c2c3CCc3cnc(-c4cccc(Cl)c4)cc3-2)C1. The van der Waals surface area contributed by atoms with E-state index in [4.69, 9.17) is 27.9 Å². The number of fused-ring (bicyclic) bond motifs is 12. The molecule has 0 radical (unpaired) electrons. The quantitative estimate of drug-likeness (QED) is 0.142. The van der Waals surface area contributed by atoms with Crippen LogP contribution >= 0.6 is 23.2 Å². The fourth-order valence-corrected chi connectivity index (χ4v) is 10.3. The van der Waals surface area contributed by atoms with Gasteiger partial charge in [0.05, 0.1) is 39.0 Å². The molecule has 1 aromatic carbocycles. The molecule has 4 aliphatic heterocycles. The summed E-state index contributed by atoms with van der Waals surface area (Å²) < 4.78 is 5.49. The lowest BCUT2D eigenvalue weighted by Crippen LogP contribution is -2.67. The number of amides is 3. The third-order valence-corrected chi connectivity index (χ3v) is 13.0. The van der Waals surface area contributed by atoms with Gasteiger partial charge in [0.1, 0.15) is 10.8 Å². The molecular formula is C44H44Cl2N8O4. The molecule has 0 saturated carbocycles. The summed E-state index contributed by atoms with van der Waals surface area (Å²) >= 11 is 12.3. The van der Waals surface area contributed by atoms with Crippen LogP contribution in [0, 0.1) is 0 Å². The van der Waals surface area contributed by atoms with Crippen molar-refractivity contribution >= 4 is 41.1 Å². The van der Waals surface area contributed by atoms with Crippen LogP contribution in [-0.2, 0) is 41.3 Å². The predicted octanol–water partition coefficient (Wildman–Crippen LogP) is 6.48. The van der Waals surface area contributed by atoms with Crippen LogP contribution in [-0.4, -0.2) is 99.6 Å². The van der Waals surface area contributed by atoms with Gasteiger partial charge in [0.2, 0.25) is 0 Å². The van der Waals surface area contributed by atoms with Crippen molar-refractivity contribution in [3.05, 3.63) is 104 Å². The third kappa shape index (κ3) is 5.93. The van der Waals surface area contributed by atoms with Gasteiger partial charge in [0, 0.05) is 84.8 Å². The van der Waals surface area contributed by atoms with E-state index in [0.717, 1.165) is 112 Å². The molecule has 58 heavy (non-hydrogen) atoms. The number of likely N-dealkylation sites (N-methyl/N-ethyl adjacent to an activating group) is 1. The highest BCUT2D eigenvalue weighted by Gasteiger charge is 2.54. The predicted molar refractivity (Wildman–Crippen MR) is 222 cm³/mol. The normalized spacial score (nSPS) is 19.1. The van der Waals surface area contributed by atoms with Crippen molar-refractivity contribution in [1.82, 2.24) is 40.4 Å². The van der Waals surface area contributed by atoms with Crippen LogP contribution < -0.4 is 10.6 Å². The Balaban J connectivity index is 0.000000141. The first-order valence-corrected chi connectivity index (χ1v) is 20.6. The molecule has 2 aliphatic carbocycles. The Morgan fingerprint density at radius 2 is 1.34 bits per heavy atom. The first-order valence-electron chi connectivity index (χ1n) is 19.8. The Labute approximate surface area is 346 Å². The van der Waals surface area contributed by atoms with E-state index in [0.29, 0.717) is 36.4 Å². The van der Waals surface area contributed by atoms with Crippen LogP contribution in [0.15, 0.2) is 48.8 Å². The second-order valence-corrected chi connectivity index (χ2v) is 18.6. The van der Waals surface area contributed by atoms with Crippen molar-refractivity contribution < 1.29 is 19.1 Å². The first kappa shape index (κ1) is 37.1. The van der Waals surface area contributed by atoms with E-state index in [-0.39, 0.29) is 28.7 Å². The number of nitrogens with zero attached hydrogens (tertiary/aromatic N) is 4. The van der Waals surface area contributed by atoms with E-state index in [1.54, 1.807) is 4.90 Å². The summed E-state index contributed by atoms with van der Waals surface area (Å²) in [6, 6.07) is 11.8. The maximum Gasteiger partial charge on any atom is 0.410 e. The molecule has 8 heterocycles. The minimum absolute atomic E-state index is 0.0122. The summed E-state index contributed by atoms with van der Waals surface area (Å²) in [5.74, 6) is 0.00712. The monoisotopic (exact) mass is 818 g/mol. The topological polar surface area (TPSA) is 148 Å². The number of rotatable bonds is 1. The van der Waals surface area contributed by atoms with Gasteiger partial charge in [-0.2, -0.15) is 0 Å². The molecule has 4 N–H and O–H groups in total. The van der Waals surface area contributed by atoms with E-state index in [1.807, 2.05) is 63.5 Å². The van der Waals surface area contributed by atoms with E-state index < -0.39 is 5.60 Å². The zero-order chi connectivity index (χ0) is 40.3. The van der Waals surface area contributed by atoms with Gasteiger partial charge in [0.25, 0.3) is 11.8 Å². The number of benzene rings is 1. The average Bonchev–Trinajstić information content (AvgIpc) is 3.76. The zero-order valence-electron chi connectivity index (χ0n) is 32.9. The van der Waals surface area contributed by atoms with Crippen molar-refractivity contribution in [3.63, 3.8) is 0 Å². The molecule has 3 amide bonds. The maximum atomic E-state index is 12.8. The third-order valence-electron chi connectivity index (χ3n) is 12.6. The maximum absolute atomic E-state index is 12.8. The van der Waals surface area contributed by atoms with Gasteiger partial charge < -0.3 is 35.1 Å². The largest absolute Gasteiger partial charge is 0.444 e. The number of H-pyrrole nitrogens is 2. The number of nitrogens with one attached hydrogen (secondary N) is 4. The second kappa shape index (κ2) is 13.2. The van der Waals surface area contributed by atoms with Crippen LogP contribution in [0.5, 0.6) is 0 Å². The summed E-state index contributed by atoms with van der Waals surface area (Å²) in [5, 5.41) is 7.31. The van der Waals surface area contributed by atoms with Gasteiger partial charge in [-0.25, -0.2) is 9.78 Å². The van der Waals surface area contributed by atoms with Crippen molar-refractivity contribution in [1.29, 1.82) is 0 Å². The number of hydrogen-bond acceptors (Lipinski definition) is 7. The highest BCUT2D eigenvalue weighted by Crippen LogP contribution is 2.47. The van der Waals surface area contributed by atoms with Gasteiger partial charge in [-0.3, -0.25) is 14.6 Å². The lowest BCUT2D eigenvalue weighted by molar-refractivity contribution is -0.0113. The molecule has 6 aliphatic rings. The first-order chi connectivity index (χ1) is 27.7. The van der Waals surface area contributed by atoms with E-state index in [1.165, 1.54) is 5.56 Å². The molecule has 12 nitrogen and oxygen atoms in total. The Bertz CT molecular complexity index is 2580. The molecule has 298 valence electrons. The summed E-state index contributed by atoms with van der Waals surface area (Å²) in [7, 11) is 2.13. The number of hydrogen-bond donors (Lipinski definition) is 4.